The third-order valence-corrected chi connectivity index (χ3v) is 1.36. The lowest BCUT2D eigenvalue weighted by Gasteiger charge is -2.02. The molecule has 0 bridgehead atoms. The van der Waals surface area contributed by atoms with Gasteiger partial charge in [-0.2, -0.15) is 0 Å². The molecule has 0 spiro atoms. The maximum atomic E-state index is 10.9. The topological polar surface area (TPSA) is 78.9 Å². The van der Waals surface area contributed by atoms with Crippen LogP contribution in [0, 0.1) is 0 Å². The van der Waals surface area contributed by atoms with Crippen molar-refractivity contribution >= 4 is 17.9 Å². The Labute approximate surface area is 93.2 Å². The highest BCUT2D eigenvalue weighted by molar-refractivity contribution is 5.92. The molecule has 0 radical (unpaired) electrons. The highest BCUT2D eigenvalue weighted by Crippen LogP contribution is 1.88. The highest BCUT2D eigenvalue weighted by Gasteiger charge is 2.05. The maximum Gasteiger partial charge on any atom is 0.344 e. The van der Waals surface area contributed by atoms with Crippen molar-refractivity contribution in [3.05, 3.63) is 12.2 Å². The summed E-state index contributed by atoms with van der Waals surface area (Å²) in [5.74, 6) is -2.11. The highest BCUT2D eigenvalue weighted by atomic mass is 16.6. The molecule has 0 N–H and O–H groups in total. The van der Waals surface area contributed by atoms with E-state index in [9.17, 15) is 14.4 Å². The molecule has 0 heterocycles. The number of hydrogen-bond acceptors (Lipinski definition) is 6. The molecule has 0 saturated heterocycles. The monoisotopic (exact) mass is 230 g/mol. The van der Waals surface area contributed by atoms with Crippen molar-refractivity contribution in [1.29, 1.82) is 0 Å². The van der Waals surface area contributed by atoms with Crippen molar-refractivity contribution in [1.82, 2.24) is 0 Å². The number of carbonyl (C=O) groups excluding carboxylic acids is 3. The van der Waals surface area contributed by atoms with Crippen LogP contribution < -0.4 is 0 Å². The Balaban J connectivity index is 3.77. The van der Waals surface area contributed by atoms with Gasteiger partial charge in [0.2, 0.25) is 0 Å². The predicted molar refractivity (Wildman–Crippen MR) is 53.4 cm³/mol. The molecule has 0 amide bonds. The standard InChI is InChI=1S/C10H14O6/c1-3-6-15-10(13)7-16-9(12)5-4-8(11)14-2/h4-5H,3,6-7H2,1-2H3/b5-4+. The number of hydrogen-bond donors (Lipinski definition) is 0. The Morgan fingerprint density at radius 1 is 1.06 bits per heavy atom. The van der Waals surface area contributed by atoms with Gasteiger partial charge in [-0.3, -0.25) is 0 Å². The van der Waals surface area contributed by atoms with E-state index in [1.54, 1.807) is 0 Å². The molecule has 0 aromatic heterocycles. The van der Waals surface area contributed by atoms with E-state index in [2.05, 4.69) is 14.2 Å². The molecular formula is C10H14O6. The van der Waals surface area contributed by atoms with Gasteiger partial charge in [-0.05, 0) is 6.42 Å². The molecule has 16 heavy (non-hydrogen) atoms. The molecule has 0 aliphatic heterocycles. The third-order valence-electron chi connectivity index (χ3n) is 1.36. The van der Waals surface area contributed by atoms with Crippen molar-refractivity contribution in [2.75, 3.05) is 20.3 Å². The van der Waals surface area contributed by atoms with Crippen molar-refractivity contribution in [3.63, 3.8) is 0 Å². The van der Waals surface area contributed by atoms with Crippen molar-refractivity contribution in [2.45, 2.75) is 13.3 Å². The van der Waals surface area contributed by atoms with Gasteiger partial charge < -0.3 is 14.2 Å². The molecule has 0 atom stereocenters. The van der Waals surface area contributed by atoms with Crippen LogP contribution in [0.1, 0.15) is 13.3 Å². The van der Waals surface area contributed by atoms with Crippen molar-refractivity contribution in [2.24, 2.45) is 0 Å². The number of ether oxygens (including phenoxy) is 3. The molecule has 0 rings (SSSR count). The molecule has 0 aliphatic carbocycles. The SMILES string of the molecule is CCCOC(=O)COC(=O)/C=C/C(=O)OC. The second kappa shape index (κ2) is 8.46. The molecule has 0 fully saturated rings. The van der Waals surface area contributed by atoms with Crippen LogP contribution in [0.15, 0.2) is 12.2 Å². The van der Waals surface area contributed by atoms with E-state index < -0.39 is 24.5 Å². The Morgan fingerprint density at radius 3 is 2.25 bits per heavy atom. The first-order valence-corrected chi connectivity index (χ1v) is 4.68. The maximum absolute atomic E-state index is 10.9. The number of rotatable bonds is 6. The van der Waals surface area contributed by atoms with Crippen LogP contribution >= 0.6 is 0 Å². The van der Waals surface area contributed by atoms with E-state index in [1.807, 2.05) is 6.92 Å². The van der Waals surface area contributed by atoms with Crippen LogP contribution in [-0.2, 0) is 28.6 Å². The minimum absolute atomic E-state index is 0.286. The fourth-order valence-electron chi connectivity index (χ4n) is 0.640. The smallest absolute Gasteiger partial charge is 0.344 e. The van der Waals surface area contributed by atoms with Gasteiger partial charge in [-0.1, -0.05) is 6.92 Å². The van der Waals surface area contributed by atoms with Gasteiger partial charge in [-0.25, -0.2) is 14.4 Å². The first-order chi connectivity index (χ1) is 7.60. The first-order valence-electron chi connectivity index (χ1n) is 4.68. The second-order valence-electron chi connectivity index (χ2n) is 2.68. The van der Waals surface area contributed by atoms with E-state index >= 15 is 0 Å². The number of methoxy groups -OCH3 is 1. The van der Waals surface area contributed by atoms with Gasteiger partial charge in [0.25, 0.3) is 0 Å². The summed E-state index contributed by atoms with van der Waals surface area (Å²) in [4.78, 5) is 32.4. The summed E-state index contributed by atoms with van der Waals surface area (Å²) in [5, 5.41) is 0. The zero-order chi connectivity index (χ0) is 12.4. The summed E-state index contributed by atoms with van der Waals surface area (Å²) in [6.07, 6.45) is 2.47. The van der Waals surface area contributed by atoms with Gasteiger partial charge in [0.05, 0.1) is 13.7 Å². The first kappa shape index (κ1) is 14.2. The Hall–Kier alpha value is -1.85. The summed E-state index contributed by atoms with van der Waals surface area (Å²) >= 11 is 0. The van der Waals surface area contributed by atoms with Crippen LogP contribution in [0.25, 0.3) is 0 Å². The molecule has 6 heteroatoms. The minimum atomic E-state index is -0.807. The second-order valence-corrected chi connectivity index (χ2v) is 2.68. The Morgan fingerprint density at radius 2 is 1.69 bits per heavy atom. The van der Waals surface area contributed by atoms with Crippen LogP contribution in [0.4, 0.5) is 0 Å². The fraction of sp³-hybridized carbons (Fsp3) is 0.500. The Bertz CT molecular complexity index is 281. The molecule has 0 saturated carbocycles. The van der Waals surface area contributed by atoms with Crippen LogP contribution in [0.3, 0.4) is 0 Å². The van der Waals surface area contributed by atoms with Crippen LogP contribution in [-0.4, -0.2) is 38.2 Å². The molecule has 0 aromatic carbocycles. The van der Waals surface area contributed by atoms with E-state index in [-0.39, 0.29) is 6.61 Å². The summed E-state index contributed by atoms with van der Waals surface area (Å²) in [5.41, 5.74) is 0. The summed E-state index contributed by atoms with van der Waals surface area (Å²) in [6.45, 7) is 1.66. The fourth-order valence-corrected chi connectivity index (χ4v) is 0.640. The predicted octanol–water partition coefficient (Wildman–Crippen LogP) is 0.212. The van der Waals surface area contributed by atoms with E-state index in [4.69, 9.17) is 0 Å². The zero-order valence-electron chi connectivity index (χ0n) is 9.23. The molecular weight excluding hydrogens is 216 g/mol. The lowest BCUT2D eigenvalue weighted by Crippen LogP contribution is -2.15. The molecule has 0 aromatic rings. The summed E-state index contributed by atoms with van der Waals surface area (Å²) in [7, 11) is 1.18. The zero-order valence-corrected chi connectivity index (χ0v) is 9.23. The van der Waals surface area contributed by atoms with Crippen molar-refractivity contribution in [3.8, 4) is 0 Å². The largest absolute Gasteiger partial charge is 0.466 e. The van der Waals surface area contributed by atoms with Crippen LogP contribution in [0.2, 0.25) is 0 Å². The number of esters is 3. The third kappa shape index (κ3) is 7.54. The van der Waals surface area contributed by atoms with Gasteiger partial charge in [0.15, 0.2) is 6.61 Å². The lowest BCUT2D eigenvalue weighted by molar-refractivity contribution is -0.156. The number of carbonyl (C=O) groups is 3. The van der Waals surface area contributed by atoms with E-state index in [0.29, 0.717) is 6.42 Å². The van der Waals surface area contributed by atoms with Crippen molar-refractivity contribution < 1.29 is 28.6 Å². The van der Waals surface area contributed by atoms with E-state index in [1.165, 1.54) is 7.11 Å². The van der Waals surface area contributed by atoms with Gasteiger partial charge in [0, 0.05) is 12.2 Å². The molecule has 0 unspecified atom stereocenters. The Kier molecular flexibility index (Phi) is 7.48. The van der Waals surface area contributed by atoms with Crippen LogP contribution in [0.5, 0.6) is 0 Å². The lowest BCUT2D eigenvalue weighted by atomic mass is 10.5. The van der Waals surface area contributed by atoms with Gasteiger partial charge in [0.1, 0.15) is 0 Å². The molecule has 0 aliphatic rings. The average molecular weight is 230 g/mol. The van der Waals surface area contributed by atoms with E-state index in [0.717, 1.165) is 12.2 Å². The minimum Gasteiger partial charge on any atom is -0.466 e. The molecule has 90 valence electrons. The average Bonchev–Trinajstić information content (AvgIpc) is 2.30. The summed E-state index contributed by atoms with van der Waals surface area (Å²) < 4.78 is 13.4. The summed E-state index contributed by atoms with van der Waals surface area (Å²) in [6, 6.07) is 0. The molecule has 6 nitrogen and oxygen atoms in total. The van der Waals surface area contributed by atoms with Gasteiger partial charge in [-0.15, -0.1) is 0 Å². The quantitative estimate of drug-likeness (QED) is 0.369. The van der Waals surface area contributed by atoms with Gasteiger partial charge >= 0.3 is 17.9 Å². The normalized spacial score (nSPS) is 9.88.